The monoisotopic (exact) mass is 160 g/mol. The van der Waals surface area contributed by atoms with Crippen LogP contribution in [0.5, 0.6) is 0 Å². The second kappa shape index (κ2) is 1.81. The van der Waals surface area contributed by atoms with Crippen molar-refractivity contribution < 1.29 is 0 Å². The van der Waals surface area contributed by atoms with Crippen molar-refractivity contribution >= 4 is 0 Å². The molecule has 0 saturated heterocycles. The molecule has 4 rings (SSSR count). The van der Waals surface area contributed by atoms with Gasteiger partial charge in [-0.2, -0.15) is 0 Å². The minimum absolute atomic E-state index is 1.11. The van der Waals surface area contributed by atoms with Gasteiger partial charge >= 0.3 is 0 Å². The van der Waals surface area contributed by atoms with Gasteiger partial charge in [-0.05, 0) is 62.2 Å². The first-order valence-electron chi connectivity index (χ1n) is 5.67. The summed E-state index contributed by atoms with van der Waals surface area (Å²) in [4.78, 5) is 0. The van der Waals surface area contributed by atoms with Crippen molar-refractivity contribution in [3.63, 3.8) is 0 Å². The molecule has 0 aromatic carbocycles. The van der Waals surface area contributed by atoms with Gasteiger partial charge in [0.25, 0.3) is 0 Å². The van der Waals surface area contributed by atoms with Gasteiger partial charge in [0.15, 0.2) is 0 Å². The lowest BCUT2D eigenvalue weighted by Gasteiger charge is -2.24. The third-order valence-corrected chi connectivity index (χ3v) is 4.68. The average molecular weight is 160 g/mol. The van der Waals surface area contributed by atoms with Crippen LogP contribution in [0.3, 0.4) is 0 Å². The molecule has 4 atom stereocenters. The Kier molecular flexibility index (Phi) is 0.939. The molecule has 2 saturated carbocycles. The van der Waals surface area contributed by atoms with Crippen molar-refractivity contribution in [2.75, 3.05) is 0 Å². The molecule has 0 bridgehead atoms. The topological polar surface area (TPSA) is 0 Å². The first-order valence-corrected chi connectivity index (χ1v) is 5.67. The zero-order chi connectivity index (χ0) is 7.71. The lowest BCUT2D eigenvalue weighted by Crippen LogP contribution is -2.10. The predicted molar refractivity (Wildman–Crippen MR) is 48.7 cm³/mol. The van der Waals surface area contributed by atoms with Gasteiger partial charge in [-0.1, -0.05) is 11.1 Å². The molecule has 0 aliphatic heterocycles. The number of fused-ring (bicyclic) bond motifs is 5. The molecule has 0 heterocycles. The molecule has 0 aromatic rings. The van der Waals surface area contributed by atoms with E-state index >= 15 is 0 Å². The fourth-order valence-electron chi connectivity index (χ4n) is 3.98. The fraction of sp³-hybridized carbons (Fsp3) is 0.833. The van der Waals surface area contributed by atoms with Gasteiger partial charge < -0.3 is 0 Å². The number of hydrogen-bond acceptors (Lipinski definition) is 0. The Labute approximate surface area is 74.0 Å². The lowest BCUT2D eigenvalue weighted by atomic mass is 9.82. The maximum atomic E-state index is 1.96. The summed E-state index contributed by atoms with van der Waals surface area (Å²) in [5, 5.41) is 0. The van der Waals surface area contributed by atoms with E-state index in [2.05, 4.69) is 0 Å². The predicted octanol–water partition coefficient (Wildman–Crippen LogP) is 3.14. The van der Waals surface area contributed by atoms with Gasteiger partial charge in [0.2, 0.25) is 0 Å². The van der Waals surface area contributed by atoms with Gasteiger partial charge in [0.1, 0.15) is 0 Å². The van der Waals surface area contributed by atoms with Gasteiger partial charge in [0, 0.05) is 0 Å². The molecule has 4 unspecified atom stereocenters. The Bertz CT molecular complexity index is 246. The van der Waals surface area contributed by atoms with Gasteiger partial charge in [-0.15, -0.1) is 0 Å². The van der Waals surface area contributed by atoms with Crippen LogP contribution in [0.1, 0.15) is 38.5 Å². The van der Waals surface area contributed by atoms with E-state index in [0.29, 0.717) is 0 Å². The quantitative estimate of drug-likeness (QED) is 0.477. The molecule has 0 spiro atoms. The first kappa shape index (κ1) is 6.23. The van der Waals surface area contributed by atoms with Crippen molar-refractivity contribution in [3.05, 3.63) is 11.1 Å². The summed E-state index contributed by atoms with van der Waals surface area (Å²) in [6.45, 7) is 0. The molecule has 0 nitrogen and oxygen atoms in total. The summed E-state index contributed by atoms with van der Waals surface area (Å²) < 4.78 is 0. The van der Waals surface area contributed by atoms with E-state index in [1.807, 2.05) is 11.1 Å². The van der Waals surface area contributed by atoms with Crippen LogP contribution < -0.4 is 0 Å². The van der Waals surface area contributed by atoms with Gasteiger partial charge in [0.05, 0.1) is 0 Å². The Morgan fingerprint density at radius 3 is 1.75 bits per heavy atom. The van der Waals surface area contributed by atoms with Crippen LogP contribution in [0.25, 0.3) is 0 Å². The Morgan fingerprint density at radius 2 is 1.25 bits per heavy atom. The standard InChI is InChI=1S/C12H16/c1-2-4-8-7(3-1)9-5-11(9)12-6-10(8)12/h9-12H,1-6H2. The first-order chi connectivity index (χ1) is 5.95. The minimum Gasteiger partial charge on any atom is -0.0673 e. The van der Waals surface area contributed by atoms with E-state index in [0.717, 1.165) is 11.8 Å². The molecule has 0 heteroatoms. The largest absolute Gasteiger partial charge is 0.0673 e. The van der Waals surface area contributed by atoms with Crippen LogP contribution >= 0.6 is 0 Å². The van der Waals surface area contributed by atoms with E-state index in [4.69, 9.17) is 0 Å². The summed E-state index contributed by atoms with van der Waals surface area (Å²) in [6, 6.07) is 0. The zero-order valence-electron chi connectivity index (χ0n) is 7.55. The van der Waals surface area contributed by atoms with Crippen LogP contribution in [-0.4, -0.2) is 0 Å². The summed E-state index contributed by atoms with van der Waals surface area (Å²) >= 11 is 0. The third kappa shape index (κ3) is 0.616. The Morgan fingerprint density at radius 1 is 0.750 bits per heavy atom. The van der Waals surface area contributed by atoms with Crippen molar-refractivity contribution in [1.29, 1.82) is 0 Å². The van der Waals surface area contributed by atoms with Crippen LogP contribution in [0.2, 0.25) is 0 Å². The molecule has 0 radical (unpaired) electrons. The van der Waals surface area contributed by atoms with E-state index in [1.54, 1.807) is 12.8 Å². The molecule has 4 aliphatic rings. The number of rotatable bonds is 0. The molecular weight excluding hydrogens is 144 g/mol. The van der Waals surface area contributed by atoms with E-state index < -0.39 is 0 Å². The highest BCUT2D eigenvalue weighted by atomic mass is 14.6. The van der Waals surface area contributed by atoms with E-state index in [1.165, 1.54) is 37.5 Å². The van der Waals surface area contributed by atoms with Crippen LogP contribution in [0.15, 0.2) is 11.1 Å². The zero-order valence-corrected chi connectivity index (χ0v) is 7.55. The fourth-order valence-corrected chi connectivity index (χ4v) is 3.98. The van der Waals surface area contributed by atoms with Crippen molar-refractivity contribution in [2.45, 2.75) is 38.5 Å². The normalized spacial score (nSPS) is 54.0. The highest BCUT2D eigenvalue weighted by molar-refractivity contribution is 5.36. The molecular formula is C12H16. The molecule has 4 aliphatic carbocycles. The molecule has 2 fully saturated rings. The molecule has 0 amide bonds. The maximum absolute atomic E-state index is 1.96. The summed E-state index contributed by atoms with van der Waals surface area (Å²) in [5.41, 5.74) is 3.93. The lowest BCUT2D eigenvalue weighted by molar-refractivity contribution is 0.523. The van der Waals surface area contributed by atoms with Crippen molar-refractivity contribution in [2.24, 2.45) is 23.7 Å². The highest BCUT2D eigenvalue weighted by Gasteiger charge is 2.59. The van der Waals surface area contributed by atoms with Crippen LogP contribution in [-0.2, 0) is 0 Å². The molecule has 64 valence electrons. The Hall–Kier alpha value is -0.260. The SMILES string of the molecule is C1CCC2=C(C1)C1CC1C1CC21. The summed E-state index contributed by atoms with van der Waals surface area (Å²) in [6.07, 6.45) is 9.14. The summed E-state index contributed by atoms with van der Waals surface area (Å²) in [7, 11) is 0. The number of allylic oxidation sites excluding steroid dienone is 2. The second-order valence-corrected chi connectivity index (χ2v) is 5.27. The molecule has 0 N–H and O–H groups in total. The Balaban J connectivity index is 1.82. The number of hydrogen-bond donors (Lipinski definition) is 0. The maximum Gasteiger partial charge on any atom is -0.0166 e. The molecule has 0 aromatic heterocycles. The third-order valence-electron chi connectivity index (χ3n) is 4.68. The van der Waals surface area contributed by atoms with Crippen LogP contribution in [0.4, 0.5) is 0 Å². The van der Waals surface area contributed by atoms with Gasteiger partial charge in [-0.3, -0.25) is 0 Å². The van der Waals surface area contributed by atoms with Crippen molar-refractivity contribution in [3.8, 4) is 0 Å². The molecule has 12 heavy (non-hydrogen) atoms. The van der Waals surface area contributed by atoms with Crippen LogP contribution in [0, 0.1) is 23.7 Å². The van der Waals surface area contributed by atoms with E-state index in [-0.39, 0.29) is 0 Å². The van der Waals surface area contributed by atoms with E-state index in [9.17, 15) is 0 Å². The van der Waals surface area contributed by atoms with Crippen molar-refractivity contribution in [1.82, 2.24) is 0 Å². The summed E-state index contributed by atoms with van der Waals surface area (Å²) in [5.74, 6) is 4.60. The highest BCUT2D eigenvalue weighted by Crippen LogP contribution is 2.69. The second-order valence-electron chi connectivity index (χ2n) is 5.27. The average Bonchev–Trinajstić information content (AvgIpc) is 2.98. The minimum atomic E-state index is 1.11. The van der Waals surface area contributed by atoms with Gasteiger partial charge in [-0.25, -0.2) is 0 Å². The smallest absolute Gasteiger partial charge is 0.0166 e.